The van der Waals surface area contributed by atoms with E-state index in [0.717, 1.165) is 11.4 Å². The minimum atomic E-state index is -0.290. The van der Waals surface area contributed by atoms with Crippen molar-refractivity contribution in [1.82, 2.24) is 0 Å². The van der Waals surface area contributed by atoms with Crippen LogP contribution >= 0.6 is 11.6 Å². The van der Waals surface area contributed by atoms with Crippen LogP contribution in [-0.4, -0.2) is 0 Å². The zero-order valence-corrected chi connectivity index (χ0v) is 18.6. The number of fused-ring (bicyclic) bond motifs is 10. The molecule has 0 amide bonds. The Morgan fingerprint density at radius 2 is 0.970 bits per heavy atom. The van der Waals surface area contributed by atoms with E-state index in [4.69, 9.17) is 11.6 Å². The molecule has 0 saturated carbocycles. The largest absolute Gasteiger partial charge is 0.354 e. The first kappa shape index (κ1) is 18.7. The third-order valence-electron chi connectivity index (χ3n) is 7.15. The van der Waals surface area contributed by atoms with Gasteiger partial charge in [0.2, 0.25) is 0 Å². The van der Waals surface area contributed by atoms with Gasteiger partial charge in [0.1, 0.15) is 0 Å². The molecule has 7 rings (SSSR count). The number of benzene rings is 5. The summed E-state index contributed by atoms with van der Waals surface area (Å²) in [5.74, 6) is 0. The Balaban J connectivity index is 1.51. The SMILES string of the molecule is Clc1ccccc1Nc1ccc2c(c1)-c1ccccc1C21c2ccccc2-c2ccccc21. The number of para-hydroxylation sites is 1. The van der Waals surface area contributed by atoms with E-state index >= 15 is 0 Å². The van der Waals surface area contributed by atoms with Crippen molar-refractivity contribution in [3.63, 3.8) is 0 Å². The van der Waals surface area contributed by atoms with Gasteiger partial charge in [-0.3, -0.25) is 0 Å². The summed E-state index contributed by atoms with van der Waals surface area (Å²) in [5.41, 5.74) is 12.3. The summed E-state index contributed by atoms with van der Waals surface area (Å²) in [6.45, 7) is 0. The molecule has 2 aliphatic rings. The molecule has 1 N–H and O–H groups in total. The lowest BCUT2D eigenvalue weighted by atomic mass is 9.70. The third kappa shape index (κ3) is 2.43. The Morgan fingerprint density at radius 1 is 0.485 bits per heavy atom. The van der Waals surface area contributed by atoms with Crippen molar-refractivity contribution in [2.45, 2.75) is 5.41 Å². The highest BCUT2D eigenvalue weighted by Crippen LogP contribution is 2.62. The van der Waals surface area contributed by atoms with Crippen molar-refractivity contribution in [2.24, 2.45) is 0 Å². The predicted molar refractivity (Wildman–Crippen MR) is 137 cm³/mol. The molecule has 0 heterocycles. The van der Waals surface area contributed by atoms with Gasteiger partial charge in [-0.05, 0) is 68.8 Å². The molecule has 5 aromatic rings. The van der Waals surface area contributed by atoms with Crippen LogP contribution in [0, 0.1) is 0 Å². The lowest BCUT2D eigenvalue weighted by Crippen LogP contribution is -2.25. The maximum absolute atomic E-state index is 6.42. The Hall–Kier alpha value is -3.81. The van der Waals surface area contributed by atoms with E-state index < -0.39 is 0 Å². The number of rotatable bonds is 2. The Bertz CT molecular complexity index is 1520. The van der Waals surface area contributed by atoms with Crippen LogP contribution in [0.3, 0.4) is 0 Å². The van der Waals surface area contributed by atoms with Gasteiger partial charge in [-0.1, -0.05) is 103 Å². The molecule has 5 aromatic carbocycles. The fourth-order valence-electron chi connectivity index (χ4n) is 5.90. The number of anilines is 2. The van der Waals surface area contributed by atoms with Gasteiger partial charge in [-0.25, -0.2) is 0 Å². The van der Waals surface area contributed by atoms with Gasteiger partial charge >= 0.3 is 0 Å². The summed E-state index contributed by atoms with van der Waals surface area (Å²) in [5, 5.41) is 4.23. The highest BCUT2D eigenvalue weighted by Gasteiger charge is 2.51. The average molecular weight is 442 g/mol. The maximum Gasteiger partial charge on any atom is 0.0725 e. The fraction of sp³-hybridized carbons (Fsp3) is 0.0323. The van der Waals surface area contributed by atoms with E-state index in [1.807, 2.05) is 24.3 Å². The molecule has 2 aliphatic carbocycles. The van der Waals surface area contributed by atoms with E-state index in [-0.39, 0.29) is 5.41 Å². The van der Waals surface area contributed by atoms with Crippen LogP contribution in [0.2, 0.25) is 5.02 Å². The van der Waals surface area contributed by atoms with Crippen molar-refractivity contribution < 1.29 is 0 Å². The number of hydrogen-bond acceptors (Lipinski definition) is 1. The van der Waals surface area contributed by atoms with Crippen molar-refractivity contribution in [3.05, 3.63) is 143 Å². The summed E-state index contributed by atoms with van der Waals surface area (Å²) in [7, 11) is 0. The molecule has 0 atom stereocenters. The molecule has 0 unspecified atom stereocenters. The van der Waals surface area contributed by atoms with Gasteiger partial charge in [0.15, 0.2) is 0 Å². The molecule has 1 nitrogen and oxygen atoms in total. The minimum absolute atomic E-state index is 0.290. The molecule has 2 heteroatoms. The summed E-state index contributed by atoms with van der Waals surface area (Å²) in [6.07, 6.45) is 0. The smallest absolute Gasteiger partial charge is 0.0725 e. The molecular formula is C31H20ClN. The van der Waals surface area contributed by atoms with Crippen LogP contribution in [0.4, 0.5) is 11.4 Å². The Kier molecular flexibility index (Phi) is 3.88. The number of hydrogen-bond donors (Lipinski definition) is 1. The fourth-order valence-corrected chi connectivity index (χ4v) is 6.08. The van der Waals surface area contributed by atoms with E-state index in [2.05, 4.69) is 96.3 Å². The van der Waals surface area contributed by atoms with Crippen LogP contribution in [0.15, 0.2) is 115 Å². The zero-order chi connectivity index (χ0) is 22.0. The number of halogens is 1. The van der Waals surface area contributed by atoms with E-state index in [0.29, 0.717) is 5.02 Å². The minimum Gasteiger partial charge on any atom is -0.354 e. The van der Waals surface area contributed by atoms with Crippen molar-refractivity contribution in [3.8, 4) is 22.3 Å². The van der Waals surface area contributed by atoms with Gasteiger partial charge in [-0.15, -0.1) is 0 Å². The highest BCUT2D eigenvalue weighted by atomic mass is 35.5. The number of nitrogens with one attached hydrogen (secondary N) is 1. The normalized spacial score (nSPS) is 13.8. The lowest BCUT2D eigenvalue weighted by Gasteiger charge is -2.30. The van der Waals surface area contributed by atoms with Crippen molar-refractivity contribution in [2.75, 3.05) is 5.32 Å². The highest BCUT2D eigenvalue weighted by molar-refractivity contribution is 6.33. The van der Waals surface area contributed by atoms with Crippen LogP contribution in [-0.2, 0) is 5.41 Å². The lowest BCUT2D eigenvalue weighted by molar-refractivity contribution is 0.794. The second-order valence-corrected chi connectivity index (χ2v) is 9.16. The second kappa shape index (κ2) is 6.84. The van der Waals surface area contributed by atoms with Crippen LogP contribution in [0.5, 0.6) is 0 Å². The molecule has 33 heavy (non-hydrogen) atoms. The zero-order valence-electron chi connectivity index (χ0n) is 17.8. The summed E-state index contributed by atoms with van der Waals surface area (Å²) in [6, 6.07) is 41.2. The maximum atomic E-state index is 6.42. The quantitative estimate of drug-likeness (QED) is 0.284. The van der Waals surface area contributed by atoms with Gasteiger partial charge in [0.25, 0.3) is 0 Å². The molecule has 0 aromatic heterocycles. The van der Waals surface area contributed by atoms with Crippen LogP contribution in [0.25, 0.3) is 22.3 Å². The monoisotopic (exact) mass is 441 g/mol. The molecule has 156 valence electrons. The molecule has 0 saturated heterocycles. The summed E-state index contributed by atoms with van der Waals surface area (Å²) < 4.78 is 0. The van der Waals surface area contributed by atoms with Gasteiger partial charge in [-0.2, -0.15) is 0 Å². The van der Waals surface area contributed by atoms with Crippen LogP contribution < -0.4 is 5.32 Å². The topological polar surface area (TPSA) is 12.0 Å². The standard InChI is InChI=1S/C31H20ClN/c32-29-15-7-8-16-30(29)33-20-17-18-28-24(19-20)23-11-3-6-14-27(23)31(28)25-12-4-1-9-21(25)22-10-2-5-13-26(22)31/h1-19,33H. The molecule has 1 spiro atoms. The first-order chi connectivity index (χ1) is 16.3. The Morgan fingerprint density at radius 3 is 1.58 bits per heavy atom. The molecule has 0 fully saturated rings. The average Bonchev–Trinajstić information content (AvgIpc) is 3.33. The van der Waals surface area contributed by atoms with E-state index in [9.17, 15) is 0 Å². The Labute approximate surface area is 198 Å². The predicted octanol–water partition coefficient (Wildman–Crippen LogP) is 8.43. The molecule has 0 bridgehead atoms. The third-order valence-corrected chi connectivity index (χ3v) is 7.48. The van der Waals surface area contributed by atoms with Gasteiger partial charge < -0.3 is 5.32 Å². The van der Waals surface area contributed by atoms with E-state index in [1.165, 1.54) is 44.5 Å². The van der Waals surface area contributed by atoms with Crippen LogP contribution in [0.1, 0.15) is 22.3 Å². The first-order valence-electron chi connectivity index (χ1n) is 11.2. The van der Waals surface area contributed by atoms with Gasteiger partial charge in [0, 0.05) is 5.69 Å². The van der Waals surface area contributed by atoms with Gasteiger partial charge in [0.05, 0.1) is 16.1 Å². The first-order valence-corrected chi connectivity index (χ1v) is 11.6. The molecular weight excluding hydrogens is 422 g/mol. The van der Waals surface area contributed by atoms with E-state index in [1.54, 1.807) is 0 Å². The second-order valence-electron chi connectivity index (χ2n) is 8.75. The summed E-state index contributed by atoms with van der Waals surface area (Å²) >= 11 is 6.42. The summed E-state index contributed by atoms with van der Waals surface area (Å²) in [4.78, 5) is 0. The van der Waals surface area contributed by atoms with Crippen molar-refractivity contribution in [1.29, 1.82) is 0 Å². The molecule has 0 radical (unpaired) electrons. The molecule has 0 aliphatic heterocycles. The van der Waals surface area contributed by atoms with Crippen molar-refractivity contribution >= 4 is 23.0 Å².